The molecular formula is C19H18N2NaO3+. The van der Waals surface area contributed by atoms with E-state index in [-0.39, 0.29) is 60.0 Å². The second-order valence-corrected chi connectivity index (χ2v) is 5.76. The number of carbonyl (C=O) groups is 3. The van der Waals surface area contributed by atoms with Crippen molar-refractivity contribution in [3.05, 3.63) is 60.7 Å². The minimum Gasteiger partial charge on any atom is -0.300 e. The van der Waals surface area contributed by atoms with Crippen LogP contribution in [0.1, 0.15) is 19.8 Å². The molecule has 0 unspecified atom stereocenters. The molecule has 2 amide bonds. The van der Waals surface area contributed by atoms with Crippen molar-refractivity contribution in [1.29, 1.82) is 0 Å². The van der Waals surface area contributed by atoms with E-state index in [1.165, 1.54) is 16.9 Å². The number of hydrogen-bond acceptors (Lipinski definition) is 3. The first-order chi connectivity index (χ1) is 11.6. The summed E-state index contributed by atoms with van der Waals surface area (Å²) >= 11 is 0. The summed E-state index contributed by atoms with van der Waals surface area (Å²) in [5.41, 5.74) is 1.26. The number of hydrogen-bond donors (Lipinski definition) is 0. The summed E-state index contributed by atoms with van der Waals surface area (Å²) in [6.07, 6.45) is 0.451. The van der Waals surface area contributed by atoms with Gasteiger partial charge in [-0.15, -0.1) is 0 Å². The Bertz CT molecular complexity index is 707. The Morgan fingerprint density at radius 1 is 0.840 bits per heavy atom. The Labute approximate surface area is 168 Å². The van der Waals surface area contributed by atoms with Crippen LogP contribution in [0.25, 0.3) is 0 Å². The summed E-state index contributed by atoms with van der Waals surface area (Å²) in [6.45, 7) is 1.47. The minimum absolute atomic E-state index is 0. The van der Waals surface area contributed by atoms with Gasteiger partial charge in [-0.3, -0.25) is 9.59 Å². The van der Waals surface area contributed by atoms with Gasteiger partial charge >= 0.3 is 29.6 Å². The minimum atomic E-state index is -0.825. The number of rotatable bonds is 5. The van der Waals surface area contributed by atoms with Gasteiger partial charge in [0.15, 0.2) is 0 Å². The van der Waals surface area contributed by atoms with Crippen molar-refractivity contribution in [3.63, 3.8) is 0 Å². The van der Waals surface area contributed by atoms with Crippen molar-refractivity contribution in [2.75, 3.05) is 10.0 Å². The SMILES string of the molecule is CC(=O)CCC1C(=O)N(c2ccccc2)N(c2ccccc2)C1=O.[Na+]. The molecule has 0 radical (unpaired) electrons. The molecule has 122 valence electrons. The van der Waals surface area contributed by atoms with Crippen LogP contribution in [0.15, 0.2) is 60.7 Å². The number of anilines is 2. The van der Waals surface area contributed by atoms with E-state index in [0.29, 0.717) is 11.4 Å². The predicted octanol–water partition coefficient (Wildman–Crippen LogP) is -0.0292. The Morgan fingerprint density at radius 2 is 1.24 bits per heavy atom. The normalized spacial score (nSPS) is 14.6. The van der Waals surface area contributed by atoms with E-state index < -0.39 is 5.92 Å². The average Bonchev–Trinajstić information content (AvgIpc) is 2.85. The smallest absolute Gasteiger partial charge is 0.300 e. The van der Waals surface area contributed by atoms with E-state index in [1.807, 2.05) is 36.4 Å². The number of para-hydroxylation sites is 2. The molecule has 0 aliphatic carbocycles. The summed E-state index contributed by atoms with van der Waals surface area (Å²) in [7, 11) is 0. The Balaban J connectivity index is 0.00000225. The maximum absolute atomic E-state index is 12.9. The molecule has 3 rings (SSSR count). The molecule has 25 heavy (non-hydrogen) atoms. The molecule has 0 aromatic heterocycles. The van der Waals surface area contributed by atoms with Crippen molar-refractivity contribution in [3.8, 4) is 0 Å². The zero-order valence-corrected chi connectivity index (χ0v) is 16.4. The standard InChI is InChI=1S/C19H18N2O3.Na/c1-14(22)12-13-17-18(23)20(15-8-4-2-5-9-15)21(19(17)24)16-10-6-3-7-11-16;/h2-11,17H,12-13H2,1H3;/q;+1. The monoisotopic (exact) mass is 345 g/mol. The third kappa shape index (κ3) is 4.00. The molecule has 0 spiro atoms. The first-order valence-corrected chi connectivity index (χ1v) is 7.87. The number of amides is 2. The molecule has 0 atom stereocenters. The molecular weight excluding hydrogens is 327 g/mol. The van der Waals surface area contributed by atoms with Gasteiger partial charge in [0.1, 0.15) is 11.7 Å². The van der Waals surface area contributed by atoms with Crippen LogP contribution < -0.4 is 39.6 Å². The molecule has 1 heterocycles. The van der Waals surface area contributed by atoms with Crippen molar-refractivity contribution in [1.82, 2.24) is 0 Å². The second kappa shape index (κ2) is 8.43. The number of Topliss-reactive ketones (excluding diaryl/α,β-unsaturated/α-hetero) is 1. The largest absolute Gasteiger partial charge is 1.00 e. The number of hydrazine groups is 1. The summed E-state index contributed by atoms with van der Waals surface area (Å²) in [5, 5.41) is 2.81. The maximum Gasteiger partial charge on any atom is 1.00 e. The van der Waals surface area contributed by atoms with Crippen LogP contribution in [0, 0.1) is 5.92 Å². The van der Waals surface area contributed by atoms with Crippen LogP contribution in [0.5, 0.6) is 0 Å². The van der Waals surface area contributed by atoms with Crippen LogP contribution in [0.3, 0.4) is 0 Å². The third-order valence-electron chi connectivity index (χ3n) is 4.00. The van der Waals surface area contributed by atoms with Gasteiger partial charge in [0, 0.05) is 6.42 Å². The predicted molar refractivity (Wildman–Crippen MR) is 91.3 cm³/mol. The molecule has 2 aromatic carbocycles. The number of ketones is 1. The molecule has 1 saturated heterocycles. The fraction of sp³-hybridized carbons (Fsp3) is 0.211. The van der Waals surface area contributed by atoms with E-state index in [4.69, 9.17) is 0 Å². The van der Waals surface area contributed by atoms with Gasteiger partial charge in [-0.05, 0) is 37.6 Å². The average molecular weight is 345 g/mol. The van der Waals surface area contributed by atoms with Gasteiger partial charge in [-0.1, -0.05) is 36.4 Å². The van der Waals surface area contributed by atoms with Gasteiger partial charge in [-0.25, -0.2) is 10.0 Å². The summed E-state index contributed by atoms with van der Waals surface area (Å²) in [5.74, 6) is -1.44. The Kier molecular flexibility index (Phi) is 6.53. The zero-order valence-electron chi connectivity index (χ0n) is 14.4. The fourth-order valence-electron chi connectivity index (χ4n) is 2.82. The van der Waals surface area contributed by atoms with E-state index in [0.717, 1.165) is 0 Å². The summed E-state index contributed by atoms with van der Waals surface area (Å²) in [4.78, 5) is 37.0. The van der Waals surface area contributed by atoms with E-state index in [1.54, 1.807) is 24.3 Å². The quantitative estimate of drug-likeness (QED) is 0.565. The first-order valence-electron chi connectivity index (χ1n) is 7.87. The first kappa shape index (κ1) is 19.4. The molecule has 1 fully saturated rings. The van der Waals surface area contributed by atoms with Crippen LogP contribution in [0.2, 0.25) is 0 Å². The summed E-state index contributed by atoms with van der Waals surface area (Å²) < 4.78 is 0. The second-order valence-electron chi connectivity index (χ2n) is 5.76. The topological polar surface area (TPSA) is 57.7 Å². The third-order valence-corrected chi connectivity index (χ3v) is 4.00. The van der Waals surface area contributed by atoms with Crippen LogP contribution in [-0.2, 0) is 14.4 Å². The molecule has 0 saturated carbocycles. The molecule has 1 aliphatic heterocycles. The maximum atomic E-state index is 12.9. The zero-order chi connectivity index (χ0) is 17.1. The van der Waals surface area contributed by atoms with Crippen molar-refractivity contribution in [2.45, 2.75) is 19.8 Å². The van der Waals surface area contributed by atoms with Crippen LogP contribution >= 0.6 is 0 Å². The fourth-order valence-corrected chi connectivity index (χ4v) is 2.82. The molecule has 5 nitrogen and oxygen atoms in total. The van der Waals surface area contributed by atoms with Gasteiger partial charge in [0.05, 0.1) is 11.4 Å². The van der Waals surface area contributed by atoms with Crippen molar-refractivity contribution in [2.24, 2.45) is 5.92 Å². The number of nitrogens with zero attached hydrogens (tertiary/aromatic N) is 2. The Hall–Kier alpha value is -1.95. The van der Waals surface area contributed by atoms with Gasteiger partial charge in [0.2, 0.25) is 0 Å². The van der Waals surface area contributed by atoms with Gasteiger partial charge in [-0.2, -0.15) is 0 Å². The van der Waals surface area contributed by atoms with Crippen molar-refractivity contribution < 1.29 is 43.9 Å². The number of benzene rings is 2. The molecule has 2 aromatic rings. The Morgan fingerprint density at radius 3 is 1.60 bits per heavy atom. The number of carbonyl (C=O) groups excluding carboxylic acids is 3. The van der Waals surface area contributed by atoms with Gasteiger partial charge in [0.25, 0.3) is 11.8 Å². The van der Waals surface area contributed by atoms with E-state index >= 15 is 0 Å². The van der Waals surface area contributed by atoms with E-state index in [2.05, 4.69) is 0 Å². The van der Waals surface area contributed by atoms with E-state index in [9.17, 15) is 14.4 Å². The summed E-state index contributed by atoms with van der Waals surface area (Å²) in [6, 6.07) is 18.1. The van der Waals surface area contributed by atoms with Crippen LogP contribution in [-0.4, -0.2) is 17.6 Å². The molecule has 0 N–H and O–H groups in total. The molecule has 6 heteroatoms. The molecule has 1 aliphatic rings. The molecule has 0 bridgehead atoms. The van der Waals surface area contributed by atoms with Crippen LogP contribution in [0.4, 0.5) is 11.4 Å². The van der Waals surface area contributed by atoms with Gasteiger partial charge < -0.3 is 4.79 Å². The van der Waals surface area contributed by atoms with Crippen molar-refractivity contribution >= 4 is 29.0 Å².